The van der Waals surface area contributed by atoms with E-state index in [1.54, 1.807) is 6.92 Å². The van der Waals surface area contributed by atoms with Crippen LogP contribution >= 0.6 is 0 Å². The first-order valence-electron chi connectivity index (χ1n) is 5.30. The van der Waals surface area contributed by atoms with Crippen LogP contribution in [0.3, 0.4) is 0 Å². The molecule has 0 aromatic rings. The second-order valence-electron chi connectivity index (χ2n) is 3.69. The fourth-order valence-electron chi connectivity index (χ4n) is 1.27. The summed E-state index contributed by atoms with van der Waals surface area (Å²) in [4.78, 5) is 0. The molecule has 3 N–H and O–H groups in total. The van der Waals surface area contributed by atoms with Crippen molar-refractivity contribution in [3.63, 3.8) is 0 Å². The predicted octanol–water partition coefficient (Wildman–Crippen LogP) is 0.229. The van der Waals surface area contributed by atoms with Gasteiger partial charge in [-0.15, -0.1) is 0 Å². The zero-order valence-electron chi connectivity index (χ0n) is 9.71. The summed E-state index contributed by atoms with van der Waals surface area (Å²) < 4.78 is 27.4. The lowest BCUT2D eigenvalue weighted by Gasteiger charge is -2.29. The fraction of sp³-hybridized carbons (Fsp3) is 1.00. The number of aliphatic hydroxyl groups excluding tert-OH is 1. The average molecular weight is 238 g/mol. The summed E-state index contributed by atoms with van der Waals surface area (Å²) in [5, 5.41) is 9.25. The zero-order chi connectivity index (χ0) is 11.9. The molecule has 0 aromatic heterocycles. The number of hydrogen-bond acceptors (Lipinski definition) is 3. The largest absolute Gasteiger partial charge is 0.396 e. The molecular weight excluding hydrogens is 216 g/mol. The molecule has 0 aliphatic rings. The molecule has 0 saturated carbocycles. The molecule has 0 bridgehead atoms. The second kappa shape index (κ2) is 6.42. The SMILES string of the molecule is CCNS(=O)(=O)NCC(CC)(CC)CO. The standard InChI is InChI=1S/C9H22N2O3S/c1-4-9(5-2,8-12)7-11-15(13,14)10-6-3/h10-12H,4-8H2,1-3H3. The van der Waals surface area contributed by atoms with Gasteiger partial charge >= 0.3 is 0 Å². The molecule has 6 heteroatoms. The molecule has 0 unspecified atom stereocenters. The van der Waals surface area contributed by atoms with E-state index in [4.69, 9.17) is 0 Å². The van der Waals surface area contributed by atoms with E-state index in [-0.39, 0.29) is 18.6 Å². The molecule has 0 atom stereocenters. The topological polar surface area (TPSA) is 78.4 Å². The Kier molecular flexibility index (Phi) is 6.35. The van der Waals surface area contributed by atoms with Crippen molar-refractivity contribution < 1.29 is 13.5 Å². The fourth-order valence-corrected chi connectivity index (χ4v) is 2.25. The van der Waals surface area contributed by atoms with Crippen LogP contribution in [-0.2, 0) is 10.2 Å². The Hall–Kier alpha value is -0.170. The Bertz CT molecular complexity index is 252. The van der Waals surface area contributed by atoms with Crippen molar-refractivity contribution in [2.75, 3.05) is 19.7 Å². The minimum atomic E-state index is -3.41. The van der Waals surface area contributed by atoms with Crippen LogP contribution in [0.1, 0.15) is 33.6 Å². The van der Waals surface area contributed by atoms with Gasteiger partial charge in [-0.3, -0.25) is 0 Å². The molecular formula is C9H22N2O3S. The molecule has 15 heavy (non-hydrogen) atoms. The first-order valence-corrected chi connectivity index (χ1v) is 6.78. The monoisotopic (exact) mass is 238 g/mol. The summed E-state index contributed by atoms with van der Waals surface area (Å²) in [7, 11) is -3.41. The number of rotatable bonds is 8. The maximum absolute atomic E-state index is 11.3. The first-order chi connectivity index (χ1) is 6.95. The lowest BCUT2D eigenvalue weighted by Crippen LogP contribution is -2.44. The Morgan fingerprint density at radius 1 is 1.13 bits per heavy atom. The molecule has 0 aromatic carbocycles. The van der Waals surface area contributed by atoms with Crippen molar-refractivity contribution in [3.8, 4) is 0 Å². The van der Waals surface area contributed by atoms with E-state index in [1.807, 2.05) is 13.8 Å². The molecule has 0 aliphatic carbocycles. The molecule has 0 radical (unpaired) electrons. The Morgan fingerprint density at radius 3 is 2.00 bits per heavy atom. The molecule has 0 heterocycles. The second-order valence-corrected chi connectivity index (χ2v) is 5.27. The highest BCUT2D eigenvalue weighted by molar-refractivity contribution is 7.87. The molecule has 0 spiro atoms. The van der Waals surface area contributed by atoms with Crippen LogP contribution in [-0.4, -0.2) is 33.2 Å². The summed E-state index contributed by atoms with van der Waals surface area (Å²) >= 11 is 0. The summed E-state index contributed by atoms with van der Waals surface area (Å²) in [6.07, 6.45) is 1.49. The van der Waals surface area contributed by atoms with Gasteiger partial charge in [0.25, 0.3) is 10.2 Å². The first kappa shape index (κ1) is 14.8. The van der Waals surface area contributed by atoms with E-state index in [2.05, 4.69) is 9.44 Å². The van der Waals surface area contributed by atoms with Gasteiger partial charge in [0, 0.05) is 25.1 Å². The third-order valence-electron chi connectivity index (χ3n) is 2.81. The van der Waals surface area contributed by atoms with Crippen LogP contribution in [0, 0.1) is 5.41 Å². The molecule has 0 fully saturated rings. The van der Waals surface area contributed by atoms with E-state index >= 15 is 0 Å². The number of hydrogen-bond donors (Lipinski definition) is 3. The number of aliphatic hydroxyl groups is 1. The average Bonchev–Trinajstić information content (AvgIpc) is 2.21. The Labute approximate surface area is 92.4 Å². The van der Waals surface area contributed by atoms with Crippen molar-refractivity contribution >= 4 is 10.2 Å². The van der Waals surface area contributed by atoms with Crippen molar-refractivity contribution in [3.05, 3.63) is 0 Å². The summed E-state index contributed by atoms with van der Waals surface area (Å²) in [6, 6.07) is 0. The van der Waals surface area contributed by atoms with Gasteiger partial charge in [0.05, 0.1) is 0 Å². The van der Waals surface area contributed by atoms with Gasteiger partial charge in [-0.05, 0) is 12.8 Å². The van der Waals surface area contributed by atoms with Crippen molar-refractivity contribution in [1.82, 2.24) is 9.44 Å². The highest BCUT2D eigenvalue weighted by atomic mass is 32.2. The van der Waals surface area contributed by atoms with Crippen LogP contribution < -0.4 is 9.44 Å². The minimum absolute atomic E-state index is 0.00531. The van der Waals surface area contributed by atoms with Gasteiger partial charge in [-0.2, -0.15) is 8.42 Å². The lowest BCUT2D eigenvalue weighted by molar-refractivity contribution is 0.119. The smallest absolute Gasteiger partial charge is 0.276 e. The van der Waals surface area contributed by atoms with Crippen LogP contribution in [0.4, 0.5) is 0 Å². The van der Waals surface area contributed by atoms with Crippen molar-refractivity contribution in [1.29, 1.82) is 0 Å². The molecule has 0 aliphatic heterocycles. The van der Waals surface area contributed by atoms with E-state index in [1.165, 1.54) is 0 Å². The van der Waals surface area contributed by atoms with Crippen LogP contribution in [0.2, 0.25) is 0 Å². The third-order valence-corrected chi connectivity index (χ3v) is 4.00. The zero-order valence-corrected chi connectivity index (χ0v) is 10.5. The maximum Gasteiger partial charge on any atom is 0.276 e. The molecule has 0 amide bonds. The summed E-state index contributed by atoms with van der Waals surface area (Å²) in [5.74, 6) is 0. The van der Waals surface area contributed by atoms with Crippen molar-refractivity contribution in [2.24, 2.45) is 5.41 Å². The summed E-state index contributed by atoms with van der Waals surface area (Å²) in [6.45, 7) is 6.24. The Balaban J connectivity index is 4.34. The van der Waals surface area contributed by atoms with Crippen LogP contribution in [0.15, 0.2) is 0 Å². The minimum Gasteiger partial charge on any atom is -0.396 e. The van der Waals surface area contributed by atoms with E-state index in [0.29, 0.717) is 6.54 Å². The molecule has 92 valence electrons. The van der Waals surface area contributed by atoms with Gasteiger partial charge in [0.15, 0.2) is 0 Å². The molecule has 0 saturated heterocycles. The molecule has 5 nitrogen and oxygen atoms in total. The normalized spacial score (nSPS) is 13.1. The molecule has 0 rings (SSSR count). The Morgan fingerprint density at radius 2 is 1.67 bits per heavy atom. The quantitative estimate of drug-likeness (QED) is 0.566. The predicted molar refractivity (Wildman–Crippen MR) is 60.7 cm³/mol. The number of nitrogens with one attached hydrogen (secondary N) is 2. The van der Waals surface area contributed by atoms with E-state index in [9.17, 15) is 13.5 Å². The maximum atomic E-state index is 11.3. The van der Waals surface area contributed by atoms with Gasteiger partial charge in [-0.25, -0.2) is 9.44 Å². The van der Waals surface area contributed by atoms with Gasteiger partial charge < -0.3 is 5.11 Å². The third kappa shape index (κ3) is 4.92. The van der Waals surface area contributed by atoms with E-state index in [0.717, 1.165) is 12.8 Å². The summed E-state index contributed by atoms with van der Waals surface area (Å²) in [5.41, 5.74) is -0.345. The highest BCUT2D eigenvalue weighted by Crippen LogP contribution is 2.24. The van der Waals surface area contributed by atoms with E-state index < -0.39 is 10.2 Å². The van der Waals surface area contributed by atoms with Crippen LogP contribution in [0.5, 0.6) is 0 Å². The van der Waals surface area contributed by atoms with Crippen molar-refractivity contribution in [2.45, 2.75) is 33.6 Å². The van der Waals surface area contributed by atoms with Crippen LogP contribution in [0.25, 0.3) is 0 Å². The van der Waals surface area contributed by atoms with Gasteiger partial charge in [-0.1, -0.05) is 20.8 Å². The highest BCUT2D eigenvalue weighted by Gasteiger charge is 2.26. The lowest BCUT2D eigenvalue weighted by atomic mass is 9.84. The van der Waals surface area contributed by atoms with Gasteiger partial charge in [0.1, 0.15) is 0 Å². The van der Waals surface area contributed by atoms with Gasteiger partial charge in [0.2, 0.25) is 0 Å².